The number of hydrogen-bond acceptors (Lipinski definition) is 4. The maximum atomic E-state index is 11.6. The Hall–Kier alpha value is -0.420. The molecule has 0 radical (unpaired) electrons. The molecule has 4 saturated heterocycles. The SMILES string of the molecule is C=C1[C@H]2CC[C@@]3([C@@H]1O)[C@@H]([C@H]2OC)[C@]12[C@@H]4CC[C@]5(C)[C@H]1C[C@H]3[C@H]2N(CC)[C@@H]5O4. The first-order chi connectivity index (χ1) is 13.0. The molecule has 4 aliphatic heterocycles. The van der Waals surface area contributed by atoms with E-state index in [1.165, 1.54) is 19.3 Å². The monoisotopic (exact) mass is 371 g/mol. The molecule has 6 saturated carbocycles. The molecule has 4 nitrogen and oxygen atoms in total. The van der Waals surface area contributed by atoms with Gasteiger partial charge in [-0.3, -0.25) is 4.90 Å². The molecule has 4 heterocycles. The Morgan fingerprint density at radius 3 is 2.89 bits per heavy atom. The lowest BCUT2D eigenvalue weighted by atomic mass is 9.37. The lowest BCUT2D eigenvalue weighted by molar-refractivity contribution is -0.381. The van der Waals surface area contributed by atoms with Gasteiger partial charge in [-0.2, -0.15) is 0 Å². The van der Waals surface area contributed by atoms with Gasteiger partial charge in [0, 0.05) is 41.2 Å². The molecule has 6 aliphatic carbocycles. The van der Waals surface area contributed by atoms with Crippen molar-refractivity contribution in [1.82, 2.24) is 4.90 Å². The quantitative estimate of drug-likeness (QED) is 0.758. The zero-order valence-electron chi connectivity index (χ0n) is 16.9. The number of fused-ring (bicyclic) bond motifs is 3. The number of hydrogen-bond donors (Lipinski definition) is 1. The Kier molecular flexibility index (Phi) is 2.73. The van der Waals surface area contributed by atoms with Crippen molar-refractivity contribution in [2.45, 2.75) is 76.5 Å². The van der Waals surface area contributed by atoms with Crippen LogP contribution in [0.15, 0.2) is 12.2 Å². The molecule has 2 spiro atoms. The summed E-state index contributed by atoms with van der Waals surface area (Å²) in [4.78, 5) is 2.73. The molecule has 27 heavy (non-hydrogen) atoms. The maximum Gasteiger partial charge on any atom is 0.116 e. The number of aliphatic hydroxyl groups is 1. The van der Waals surface area contributed by atoms with E-state index in [4.69, 9.17) is 9.47 Å². The number of nitrogens with zero attached hydrogens (tertiary/aromatic N) is 1. The van der Waals surface area contributed by atoms with E-state index in [2.05, 4.69) is 25.3 Å². The summed E-state index contributed by atoms with van der Waals surface area (Å²) in [5, 5.41) is 11.6. The third kappa shape index (κ3) is 1.28. The molecule has 1 N–H and O–H groups in total. The van der Waals surface area contributed by atoms with Crippen LogP contribution in [-0.4, -0.2) is 54.2 Å². The summed E-state index contributed by atoms with van der Waals surface area (Å²) < 4.78 is 13.1. The smallest absolute Gasteiger partial charge is 0.116 e. The van der Waals surface area contributed by atoms with E-state index < -0.39 is 0 Å². The van der Waals surface area contributed by atoms with E-state index in [0.717, 1.165) is 30.9 Å². The van der Waals surface area contributed by atoms with Crippen molar-refractivity contribution in [3.8, 4) is 0 Å². The van der Waals surface area contributed by atoms with Crippen LogP contribution >= 0.6 is 0 Å². The van der Waals surface area contributed by atoms with Crippen LogP contribution in [0.5, 0.6) is 0 Å². The van der Waals surface area contributed by atoms with Crippen LogP contribution in [0.1, 0.15) is 46.0 Å². The molecule has 12 atom stereocenters. The Labute approximate surface area is 162 Å². The molecule has 0 aromatic rings. The van der Waals surface area contributed by atoms with Gasteiger partial charge in [-0.15, -0.1) is 0 Å². The van der Waals surface area contributed by atoms with E-state index in [1.54, 1.807) is 0 Å². The summed E-state index contributed by atoms with van der Waals surface area (Å²) in [6, 6.07) is 0.576. The highest BCUT2D eigenvalue weighted by molar-refractivity contribution is 5.41. The van der Waals surface area contributed by atoms with Crippen LogP contribution in [0.4, 0.5) is 0 Å². The van der Waals surface area contributed by atoms with E-state index in [9.17, 15) is 5.11 Å². The van der Waals surface area contributed by atoms with Gasteiger partial charge >= 0.3 is 0 Å². The van der Waals surface area contributed by atoms with Crippen LogP contribution in [0, 0.1) is 39.9 Å². The minimum Gasteiger partial charge on any atom is -0.388 e. The average Bonchev–Trinajstić information content (AvgIpc) is 3.14. The Morgan fingerprint density at radius 1 is 1.33 bits per heavy atom. The Balaban J connectivity index is 1.52. The highest BCUT2D eigenvalue weighted by Gasteiger charge is 2.89. The van der Waals surface area contributed by atoms with Crippen molar-refractivity contribution in [2.75, 3.05) is 13.7 Å². The van der Waals surface area contributed by atoms with Crippen LogP contribution in [0.3, 0.4) is 0 Å². The molecule has 10 aliphatic rings. The molecule has 9 bridgehead atoms. The molecule has 4 heteroatoms. The third-order valence-electron chi connectivity index (χ3n) is 11.2. The minimum absolute atomic E-state index is 0.0276. The van der Waals surface area contributed by atoms with Crippen LogP contribution in [0.25, 0.3) is 0 Å². The van der Waals surface area contributed by atoms with E-state index in [1.807, 2.05) is 7.11 Å². The fourth-order valence-electron chi connectivity index (χ4n) is 10.8. The number of ether oxygens (including phenoxy) is 2. The molecular weight excluding hydrogens is 338 g/mol. The van der Waals surface area contributed by atoms with Gasteiger partial charge in [-0.05, 0) is 56.1 Å². The first-order valence-electron chi connectivity index (χ1n) is 11.3. The Bertz CT molecular complexity index is 754. The summed E-state index contributed by atoms with van der Waals surface area (Å²) in [5.41, 5.74) is 1.50. The van der Waals surface area contributed by atoms with Crippen LogP contribution < -0.4 is 0 Å². The summed E-state index contributed by atoms with van der Waals surface area (Å²) in [6.45, 7) is 10.3. The standard InChI is InChI=1S/C23H33NO3/c1-5-24-18-13-10-14-21(3)8-7-15(27-20(21)24)23(14,18)17-16(26-4)12-6-9-22(13,17)19(25)11(12)2/h12-20,25H,2,5-10H2,1,3-4H3/t12-,13+,14-,15+,16+,17-,18-,19-,20-,21-,22+,23-/m1/s1. The Morgan fingerprint density at radius 2 is 2.15 bits per heavy atom. The van der Waals surface area contributed by atoms with Crippen LogP contribution in [-0.2, 0) is 9.47 Å². The number of piperidine rings is 1. The van der Waals surface area contributed by atoms with Gasteiger partial charge in [0.1, 0.15) is 6.23 Å². The molecule has 0 unspecified atom stereocenters. The fraction of sp³-hybridized carbons (Fsp3) is 0.913. The first-order valence-corrected chi connectivity index (χ1v) is 11.3. The fourth-order valence-corrected chi connectivity index (χ4v) is 10.8. The second kappa shape index (κ2) is 4.50. The predicted molar refractivity (Wildman–Crippen MR) is 101 cm³/mol. The van der Waals surface area contributed by atoms with Gasteiger partial charge in [0.25, 0.3) is 0 Å². The van der Waals surface area contributed by atoms with Gasteiger partial charge in [-0.25, -0.2) is 0 Å². The van der Waals surface area contributed by atoms with Gasteiger partial charge in [0.2, 0.25) is 0 Å². The van der Waals surface area contributed by atoms with Crippen molar-refractivity contribution < 1.29 is 14.6 Å². The molecule has 0 aromatic heterocycles. The molecule has 0 amide bonds. The van der Waals surface area contributed by atoms with Crippen LogP contribution in [0.2, 0.25) is 0 Å². The summed E-state index contributed by atoms with van der Waals surface area (Å²) in [5.74, 6) is 2.08. The summed E-state index contributed by atoms with van der Waals surface area (Å²) in [7, 11) is 1.90. The van der Waals surface area contributed by atoms with Gasteiger partial charge in [0.15, 0.2) is 0 Å². The van der Waals surface area contributed by atoms with Gasteiger partial charge < -0.3 is 14.6 Å². The summed E-state index contributed by atoms with van der Waals surface area (Å²) in [6.07, 6.45) is 6.63. The normalized spacial score (nSPS) is 67.4. The van der Waals surface area contributed by atoms with Crippen molar-refractivity contribution in [3.63, 3.8) is 0 Å². The van der Waals surface area contributed by atoms with Crippen molar-refractivity contribution in [3.05, 3.63) is 12.2 Å². The second-order valence-corrected chi connectivity index (χ2v) is 11.1. The highest BCUT2D eigenvalue weighted by Crippen LogP contribution is 2.86. The largest absolute Gasteiger partial charge is 0.388 e. The molecule has 0 aromatic carbocycles. The highest BCUT2D eigenvalue weighted by atomic mass is 16.5. The molecular formula is C23H33NO3. The maximum absolute atomic E-state index is 11.6. The summed E-state index contributed by atoms with van der Waals surface area (Å²) >= 11 is 0. The zero-order chi connectivity index (χ0) is 18.5. The molecule has 10 fully saturated rings. The van der Waals surface area contributed by atoms with E-state index in [0.29, 0.717) is 36.1 Å². The van der Waals surface area contributed by atoms with Crippen molar-refractivity contribution >= 4 is 0 Å². The lowest BCUT2D eigenvalue weighted by Gasteiger charge is -2.75. The minimum atomic E-state index is -0.345. The van der Waals surface area contributed by atoms with Crippen molar-refractivity contribution in [1.29, 1.82) is 0 Å². The topological polar surface area (TPSA) is 41.9 Å². The number of rotatable bonds is 2. The molecule has 148 valence electrons. The van der Waals surface area contributed by atoms with Gasteiger partial charge in [0.05, 0.1) is 18.3 Å². The third-order valence-corrected chi connectivity index (χ3v) is 11.2. The zero-order valence-corrected chi connectivity index (χ0v) is 16.9. The van der Waals surface area contributed by atoms with E-state index in [-0.39, 0.29) is 28.5 Å². The number of methoxy groups -OCH3 is 1. The average molecular weight is 372 g/mol. The van der Waals surface area contributed by atoms with E-state index >= 15 is 0 Å². The van der Waals surface area contributed by atoms with Crippen molar-refractivity contribution in [2.24, 2.45) is 39.9 Å². The lowest BCUT2D eigenvalue weighted by Crippen LogP contribution is -2.80. The predicted octanol–water partition coefficient (Wildman–Crippen LogP) is 2.81. The molecule has 10 rings (SSSR count). The second-order valence-electron chi connectivity index (χ2n) is 11.1. The van der Waals surface area contributed by atoms with Gasteiger partial charge in [-0.1, -0.05) is 20.4 Å². The first kappa shape index (κ1) is 16.4. The number of aliphatic hydroxyl groups excluding tert-OH is 1.